The highest BCUT2D eigenvalue weighted by molar-refractivity contribution is 5.83. The van der Waals surface area contributed by atoms with Gasteiger partial charge in [0.1, 0.15) is 5.75 Å². The fourth-order valence-corrected chi connectivity index (χ4v) is 2.88. The van der Waals surface area contributed by atoms with Crippen molar-refractivity contribution in [1.82, 2.24) is 5.32 Å². The molecular weight excluding hydrogens is 312 g/mol. The summed E-state index contributed by atoms with van der Waals surface area (Å²) in [6.45, 7) is 1.75. The van der Waals surface area contributed by atoms with E-state index < -0.39 is 5.41 Å². The molecule has 1 saturated heterocycles. The number of nitrogens with one attached hydrogen (secondary N) is 1. The van der Waals surface area contributed by atoms with Gasteiger partial charge >= 0.3 is 0 Å². The van der Waals surface area contributed by atoms with Crippen LogP contribution in [0.5, 0.6) is 17.2 Å². The predicted molar refractivity (Wildman–Crippen MR) is 89.5 cm³/mol. The van der Waals surface area contributed by atoms with Gasteiger partial charge in [0.15, 0.2) is 11.5 Å². The summed E-state index contributed by atoms with van der Waals surface area (Å²) in [6.07, 6.45) is 1.27. The van der Waals surface area contributed by atoms with Crippen LogP contribution in [0, 0.1) is 5.41 Å². The van der Waals surface area contributed by atoms with Crippen LogP contribution in [-0.2, 0) is 16.1 Å². The second-order valence-corrected chi connectivity index (χ2v) is 5.80. The first-order valence-electron chi connectivity index (χ1n) is 7.95. The molecule has 0 radical (unpaired) electrons. The zero-order valence-electron chi connectivity index (χ0n) is 14.5. The maximum absolute atomic E-state index is 12.7. The van der Waals surface area contributed by atoms with E-state index in [2.05, 4.69) is 5.32 Å². The van der Waals surface area contributed by atoms with Gasteiger partial charge in [-0.3, -0.25) is 4.79 Å². The molecule has 1 aromatic carbocycles. The molecule has 134 valence electrons. The first kappa shape index (κ1) is 18.4. The monoisotopic (exact) mass is 338 g/mol. The van der Waals surface area contributed by atoms with Crippen LogP contribution in [0.2, 0.25) is 0 Å². The molecule has 1 aliphatic rings. The van der Waals surface area contributed by atoms with Crippen LogP contribution in [0.3, 0.4) is 0 Å². The quantitative estimate of drug-likeness (QED) is 0.773. The van der Waals surface area contributed by atoms with Gasteiger partial charge in [0.2, 0.25) is 5.91 Å². The van der Waals surface area contributed by atoms with Crippen LogP contribution in [-0.4, -0.2) is 47.0 Å². The minimum absolute atomic E-state index is 0.0508. The van der Waals surface area contributed by atoms with E-state index in [1.54, 1.807) is 33.5 Å². The summed E-state index contributed by atoms with van der Waals surface area (Å²) in [5, 5.41) is 2.97. The second-order valence-electron chi connectivity index (χ2n) is 5.80. The number of methoxy groups -OCH3 is 3. The Morgan fingerprint density at radius 2 is 1.71 bits per heavy atom. The third-order valence-electron chi connectivity index (χ3n) is 4.55. The van der Waals surface area contributed by atoms with E-state index in [9.17, 15) is 4.79 Å². The Morgan fingerprint density at radius 1 is 1.12 bits per heavy atom. The molecule has 1 amide bonds. The van der Waals surface area contributed by atoms with E-state index in [0.29, 0.717) is 56.4 Å². The molecule has 0 saturated carbocycles. The van der Waals surface area contributed by atoms with E-state index in [-0.39, 0.29) is 5.91 Å². The number of carbonyl (C=O) groups is 1. The van der Waals surface area contributed by atoms with Crippen molar-refractivity contribution in [3.05, 3.63) is 17.7 Å². The normalized spacial score (nSPS) is 16.3. The topological polar surface area (TPSA) is 92.0 Å². The zero-order chi connectivity index (χ0) is 17.6. The van der Waals surface area contributed by atoms with E-state index in [1.807, 2.05) is 0 Å². The second kappa shape index (κ2) is 8.21. The van der Waals surface area contributed by atoms with Crippen molar-refractivity contribution in [3.63, 3.8) is 0 Å². The lowest BCUT2D eigenvalue weighted by molar-refractivity contribution is -0.136. The summed E-state index contributed by atoms with van der Waals surface area (Å²) in [6, 6.07) is 3.55. The van der Waals surface area contributed by atoms with E-state index in [4.69, 9.17) is 24.7 Å². The first-order chi connectivity index (χ1) is 11.6. The average molecular weight is 338 g/mol. The van der Waals surface area contributed by atoms with Gasteiger partial charge in [0.25, 0.3) is 0 Å². The number of carbonyl (C=O) groups excluding carboxylic acids is 1. The van der Waals surface area contributed by atoms with Crippen molar-refractivity contribution in [2.24, 2.45) is 11.1 Å². The van der Waals surface area contributed by atoms with Crippen molar-refractivity contribution < 1.29 is 23.7 Å². The summed E-state index contributed by atoms with van der Waals surface area (Å²) in [7, 11) is 4.71. The van der Waals surface area contributed by atoms with Crippen molar-refractivity contribution >= 4 is 5.91 Å². The minimum Gasteiger partial charge on any atom is -0.496 e. The largest absolute Gasteiger partial charge is 0.496 e. The van der Waals surface area contributed by atoms with Crippen LogP contribution < -0.4 is 25.3 Å². The van der Waals surface area contributed by atoms with Gasteiger partial charge in [-0.05, 0) is 18.9 Å². The molecule has 3 N–H and O–H groups in total. The van der Waals surface area contributed by atoms with Crippen molar-refractivity contribution in [3.8, 4) is 17.2 Å². The van der Waals surface area contributed by atoms with Crippen LogP contribution in [0.4, 0.5) is 0 Å². The Balaban J connectivity index is 2.14. The minimum atomic E-state index is -0.554. The summed E-state index contributed by atoms with van der Waals surface area (Å²) in [5.41, 5.74) is 6.12. The van der Waals surface area contributed by atoms with Gasteiger partial charge in [0, 0.05) is 37.9 Å². The van der Waals surface area contributed by atoms with Gasteiger partial charge in [-0.1, -0.05) is 0 Å². The lowest BCUT2D eigenvalue weighted by Gasteiger charge is -2.34. The van der Waals surface area contributed by atoms with Crippen LogP contribution in [0.1, 0.15) is 18.4 Å². The van der Waals surface area contributed by atoms with Gasteiger partial charge in [-0.2, -0.15) is 0 Å². The first-order valence-corrected chi connectivity index (χ1v) is 7.95. The van der Waals surface area contributed by atoms with Crippen LogP contribution in [0.25, 0.3) is 0 Å². The number of hydrogen-bond acceptors (Lipinski definition) is 6. The van der Waals surface area contributed by atoms with Crippen molar-refractivity contribution in [1.29, 1.82) is 0 Å². The fourth-order valence-electron chi connectivity index (χ4n) is 2.88. The van der Waals surface area contributed by atoms with Gasteiger partial charge in [-0.25, -0.2) is 0 Å². The number of hydrogen-bond donors (Lipinski definition) is 2. The molecule has 1 aromatic rings. The molecule has 7 nitrogen and oxygen atoms in total. The third-order valence-corrected chi connectivity index (χ3v) is 4.55. The lowest BCUT2D eigenvalue weighted by atomic mass is 9.79. The van der Waals surface area contributed by atoms with Crippen LogP contribution in [0.15, 0.2) is 12.1 Å². The van der Waals surface area contributed by atoms with Crippen LogP contribution >= 0.6 is 0 Å². The summed E-state index contributed by atoms with van der Waals surface area (Å²) < 4.78 is 21.3. The number of rotatable bonds is 7. The van der Waals surface area contributed by atoms with Gasteiger partial charge in [-0.15, -0.1) is 0 Å². The Hall–Kier alpha value is -1.99. The van der Waals surface area contributed by atoms with Gasteiger partial charge < -0.3 is 30.0 Å². The molecule has 2 rings (SSSR count). The van der Waals surface area contributed by atoms with E-state index >= 15 is 0 Å². The summed E-state index contributed by atoms with van der Waals surface area (Å²) >= 11 is 0. The highest BCUT2D eigenvalue weighted by atomic mass is 16.5. The Labute approximate surface area is 142 Å². The molecule has 1 aliphatic heterocycles. The average Bonchev–Trinajstić information content (AvgIpc) is 2.65. The standard InChI is InChI=1S/C17H26N2O5/c1-21-13-9-15(23-3)14(22-2)8-12(13)10-19-16(20)17(11-18)4-6-24-7-5-17/h8-9H,4-7,10-11,18H2,1-3H3,(H,19,20). The molecule has 0 aliphatic carbocycles. The number of ether oxygens (including phenoxy) is 4. The molecule has 7 heteroatoms. The Bertz CT molecular complexity index is 570. The molecule has 1 heterocycles. The lowest BCUT2D eigenvalue weighted by Crippen LogP contribution is -2.49. The SMILES string of the molecule is COc1cc(OC)c(OC)cc1CNC(=O)C1(CN)CCOCC1. The molecule has 0 aromatic heterocycles. The number of benzene rings is 1. The molecule has 24 heavy (non-hydrogen) atoms. The van der Waals surface area contributed by atoms with Gasteiger partial charge in [0.05, 0.1) is 26.7 Å². The van der Waals surface area contributed by atoms with Crippen molar-refractivity contribution in [2.75, 3.05) is 41.1 Å². The molecular formula is C17H26N2O5. The smallest absolute Gasteiger partial charge is 0.227 e. The highest BCUT2D eigenvalue weighted by Crippen LogP contribution is 2.35. The summed E-state index contributed by atoms with van der Waals surface area (Å²) in [5.74, 6) is 1.74. The molecule has 1 fully saturated rings. The molecule has 0 unspecified atom stereocenters. The molecule has 0 bridgehead atoms. The Morgan fingerprint density at radius 3 is 2.25 bits per heavy atom. The molecule has 0 atom stereocenters. The molecule has 0 spiro atoms. The summed E-state index contributed by atoms with van der Waals surface area (Å²) in [4.78, 5) is 12.7. The van der Waals surface area contributed by atoms with E-state index in [0.717, 1.165) is 5.56 Å². The number of nitrogens with two attached hydrogens (primary N) is 1. The fraction of sp³-hybridized carbons (Fsp3) is 0.588. The maximum atomic E-state index is 12.7. The Kier molecular flexibility index (Phi) is 6.28. The van der Waals surface area contributed by atoms with E-state index in [1.165, 1.54) is 0 Å². The maximum Gasteiger partial charge on any atom is 0.227 e. The highest BCUT2D eigenvalue weighted by Gasteiger charge is 2.38. The number of amides is 1. The van der Waals surface area contributed by atoms with Crippen molar-refractivity contribution in [2.45, 2.75) is 19.4 Å². The zero-order valence-corrected chi connectivity index (χ0v) is 14.5. The third kappa shape index (κ3) is 3.73. The predicted octanol–water partition coefficient (Wildman–Crippen LogP) is 1.08.